The molecule has 6 rings (SSSR count). The van der Waals surface area contributed by atoms with E-state index in [1.54, 1.807) is 0 Å². The third-order valence-corrected chi connectivity index (χ3v) is 6.59. The third-order valence-electron chi connectivity index (χ3n) is 6.59. The summed E-state index contributed by atoms with van der Waals surface area (Å²) in [5, 5.41) is 0.994. The van der Waals surface area contributed by atoms with Gasteiger partial charge in [0.05, 0.1) is 48.1 Å². The maximum Gasteiger partial charge on any atom is 0.228 e. The predicted molar refractivity (Wildman–Crippen MR) is 121 cm³/mol. The van der Waals surface area contributed by atoms with Crippen LogP contribution in [0.3, 0.4) is 0 Å². The fraction of sp³-hybridized carbons (Fsp3) is 0.458. The summed E-state index contributed by atoms with van der Waals surface area (Å²) < 4.78 is 11.7. The van der Waals surface area contributed by atoms with Crippen LogP contribution in [0.4, 0.5) is 11.8 Å². The normalized spacial score (nSPS) is 25.9. The van der Waals surface area contributed by atoms with Crippen molar-refractivity contribution in [3.05, 3.63) is 42.6 Å². The molecular weight excluding hydrogens is 390 g/mol. The van der Waals surface area contributed by atoms with Crippen molar-refractivity contribution in [3.8, 4) is 11.3 Å². The van der Waals surface area contributed by atoms with Gasteiger partial charge in [0.25, 0.3) is 0 Å². The summed E-state index contributed by atoms with van der Waals surface area (Å²) in [7, 11) is 0. The van der Waals surface area contributed by atoms with Crippen LogP contribution in [0, 0.1) is 0 Å². The number of hydrogen-bond acceptors (Lipinski definition) is 7. The highest BCUT2D eigenvalue weighted by molar-refractivity contribution is 5.92. The van der Waals surface area contributed by atoms with Crippen LogP contribution >= 0.6 is 0 Å². The van der Waals surface area contributed by atoms with Crippen molar-refractivity contribution in [2.45, 2.75) is 38.0 Å². The van der Waals surface area contributed by atoms with Crippen molar-refractivity contribution >= 4 is 22.7 Å². The minimum atomic E-state index is 0.259. The molecule has 0 aliphatic carbocycles. The molecule has 5 heterocycles. The second kappa shape index (κ2) is 7.73. The molecule has 0 N–H and O–H groups in total. The summed E-state index contributed by atoms with van der Waals surface area (Å²) in [6.45, 7) is 6.14. The molecule has 2 unspecified atom stereocenters. The van der Waals surface area contributed by atoms with Gasteiger partial charge < -0.3 is 19.3 Å². The van der Waals surface area contributed by atoms with Gasteiger partial charge in [0.15, 0.2) is 0 Å². The molecule has 0 saturated carbocycles. The summed E-state index contributed by atoms with van der Waals surface area (Å²) >= 11 is 0. The van der Waals surface area contributed by atoms with E-state index in [0.717, 1.165) is 66.4 Å². The molecule has 3 saturated heterocycles. The molecule has 2 bridgehead atoms. The zero-order chi connectivity index (χ0) is 20.8. The third kappa shape index (κ3) is 3.51. The minimum absolute atomic E-state index is 0.259. The standard InChI is InChI=1S/C24H27N5O2/c1-16-15-30-10-9-29(16)23-20-12-25-21(17-5-3-2-4-6-17)11-22(20)26-24(27-23)28-13-18-7-8-19(14-28)31-18/h2-6,11-12,16,18-19H,7-10,13-15H2,1H3/t16-,18?,19?/m0/s1. The minimum Gasteiger partial charge on any atom is -0.377 e. The molecule has 0 radical (unpaired) electrons. The average Bonchev–Trinajstić information content (AvgIpc) is 3.16. The second-order valence-corrected chi connectivity index (χ2v) is 8.78. The van der Waals surface area contributed by atoms with Gasteiger partial charge in [-0.2, -0.15) is 4.98 Å². The fourth-order valence-electron chi connectivity index (χ4n) is 4.94. The zero-order valence-electron chi connectivity index (χ0n) is 17.8. The molecule has 160 valence electrons. The maximum absolute atomic E-state index is 6.04. The number of pyridine rings is 1. The van der Waals surface area contributed by atoms with Gasteiger partial charge in [-0.3, -0.25) is 4.98 Å². The number of rotatable bonds is 3. The van der Waals surface area contributed by atoms with Gasteiger partial charge in [0.2, 0.25) is 5.95 Å². The molecule has 31 heavy (non-hydrogen) atoms. The number of aromatic nitrogens is 3. The molecule has 0 spiro atoms. The summed E-state index contributed by atoms with van der Waals surface area (Å²) in [5.41, 5.74) is 2.96. The van der Waals surface area contributed by atoms with E-state index in [4.69, 9.17) is 24.4 Å². The lowest BCUT2D eigenvalue weighted by Crippen LogP contribution is -2.45. The molecule has 3 atom stereocenters. The Labute approximate surface area is 182 Å². The van der Waals surface area contributed by atoms with E-state index in [1.165, 1.54) is 0 Å². The Hall–Kier alpha value is -2.77. The highest BCUT2D eigenvalue weighted by Gasteiger charge is 2.35. The molecule has 7 heteroatoms. The van der Waals surface area contributed by atoms with Crippen molar-refractivity contribution in [3.63, 3.8) is 0 Å². The highest BCUT2D eigenvalue weighted by Crippen LogP contribution is 2.33. The van der Waals surface area contributed by atoms with Crippen molar-refractivity contribution in [2.24, 2.45) is 0 Å². The van der Waals surface area contributed by atoms with Crippen LogP contribution in [0.25, 0.3) is 22.2 Å². The van der Waals surface area contributed by atoms with Gasteiger partial charge in [-0.1, -0.05) is 30.3 Å². The lowest BCUT2D eigenvalue weighted by atomic mass is 10.1. The first-order valence-corrected chi connectivity index (χ1v) is 11.2. The van der Waals surface area contributed by atoms with Crippen LogP contribution in [-0.4, -0.2) is 66.0 Å². The number of ether oxygens (including phenoxy) is 2. The summed E-state index contributed by atoms with van der Waals surface area (Å²) in [6, 6.07) is 12.6. The number of benzene rings is 1. The largest absolute Gasteiger partial charge is 0.377 e. The Bertz CT molecular complexity index is 1080. The Morgan fingerprint density at radius 1 is 1.03 bits per heavy atom. The van der Waals surface area contributed by atoms with Crippen LogP contribution < -0.4 is 9.80 Å². The summed E-state index contributed by atoms with van der Waals surface area (Å²) in [4.78, 5) is 19.5. The van der Waals surface area contributed by atoms with E-state index >= 15 is 0 Å². The lowest BCUT2D eigenvalue weighted by molar-refractivity contribution is 0.0299. The van der Waals surface area contributed by atoms with Crippen LogP contribution in [0.5, 0.6) is 0 Å². The van der Waals surface area contributed by atoms with Gasteiger partial charge in [0, 0.05) is 31.4 Å². The van der Waals surface area contributed by atoms with Crippen LogP contribution in [0.2, 0.25) is 0 Å². The number of anilines is 2. The SMILES string of the molecule is C[C@H]1COCCN1c1nc(N2CC3CCC(C2)O3)nc2cc(-c3ccccc3)ncc12. The maximum atomic E-state index is 6.04. The number of fused-ring (bicyclic) bond motifs is 3. The van der Waals surface area contributed by atoms with Gasteiger partial charge in [0.1, 0.15) is 5.82 Å². The van der Waals surface area contributed by atoms with Crippen LogP contribution in [-0.2, 0) is 9.47 Å². The zero-order valence-corrected chi connectivity index (χ0v) is 17.8. The molecule has 3 fully saturated rings. The van der Waals surface area contributed by atoms with Crippen molar-refractivity contribution in [1.29, 1.82) is 0 Å². The van der Waals surface area contributed by atoms with Gasteiger partial charge in [-0.15, -0.1) is 0 Å². The van der Waals surface area contributed by atoms with Crippen molar-refractivity contribution < 1.29 is 9.47 Å². The van der Waals surface area contributed by atoms with E-state index in [2.05, 4.69) is 34.9 Å². The van der Waals surface area contributed by atoms with Crippen molar-refractivity contribution in [2.75, 3.05) is 42.6 Å². The smallest absolute Gasteiger partial charge is 0.228 e. The van der Waals surface area contributed by atoms with Crippen LogP contribution in [0.1, 0.15) is 19.8 Å². The molecule has 7 nitrogen and oxygen atoms in total. The average molecular weight is 418 g/mol. The molecule has 2 aromatic heterocycles. The lowest BCUT2D eigenvalue weighted by Gasteiger charge is -2.36. The van der Waals surface area contributed by atoms with Crippen molar-refractivity contribution in [1.82, 2.24) is 15.0 Å². The second-order valence-electron chi connectivity index (χ2n) is 8.78. The first-order chi connectivity index (χ1) is 15.2. The van der Waals surface area contributed by atoms with E-state index in [-0.39, 0.29) is 6.04 Å². The molecule has 3 aromatic rings. The van der Waals surface area contributed by atoms with E-state index < -0.39 is 0 Å². The molecule has 3 aliphatic rings. The summed E-state index contributed by atoms with van der Waals surface area (Å²) in [6.07, 6.45) is 4.78. The Kier molecular flexibility index (Phi) is 4.73. The topological polar surface area (TPSA) is 63.6 Å². The van der Waals surface area contributed by atoms with Gasteiger partial charge in [-0.05, 0) is 25.8 Å². The van der Waals surface area contributed by atoms with Crippen LogP contribution in [0.15, 0.2) is 42.6 Å². The fourth-order valence-corrected chi connectivity index (χ4v) is 4.94. The monoisotopic (exact) mass is 417 g/mol. The number of hydrogen-bond donors (Lipinski definition) is 0. The van der Waals surface area contributed by atoms with E-state index in [9.17, 15) is 0 Å². The first kappa shape index (κ1) is 19.0. The quantitative estimate of drug-likeness (QED) is 0.648. The molecule has 0 amide bonds. The predicted octanol–water partition coefficient (Wildman–Crippen LogP) is 3.28. The number of morpholine rings is 2. The summed E-state index contributed by atoms with van der Waals surface area (Å²) in [5.74, 6) is 1.76. The van der Waals surface area contributed by atoms with E-state index in [0.29, 0.717) is 25.4 Å². The first-order valence-electron chi connectivity index (χ1n) is 11.2. The number of nitrogens with zero attached hydrogens (tertiary/aromatic N) is 5. The Balaban J connectivity index is 1.47. The molecular formula is C24H27N5O2. The molecule has 3 aliphatic heterocycles. The van der Waals surface area contributed by atoms with Gasteiger partial charge >= 0.3 is 0 Å². The van der Waals surface area contributed by atoms with Gasteiger partial charge in [-0.25, -0.2) is 4.98 Å². The highest BCUT2D eigenvalue weighted by atomic mass is 16.5. The Morgan fingerprint density at radius 3 is 2.61 bits per heavy atom. The molecule has 1 aromatic carbocycles. The Morgan fingerprint density at radius 2 is 1.84 bits per heavy atom. The van der Waals surface area contributed by atoms with E-state index in [1.807, 2.05) is 24.4 Å².